The van der Waals surface area contributed by atoms with E-state index in [2.05, 4.69) is 14.8 Å². The van der Waals surface area contributed by atoms with Crippen molar-refractivity contribution in [2.45, 2.75) is 11.4 Å². The molecule has 0 amide bonds. The Labute approximate surface area is 118 Å². The highest BCUT2D eigenvalue weighted by atomic mass is 32.2. The molecule has 0 radical (unpaired) electrons. The zero-order valence-electron chi connectivity index (χ0n) is 10.7. The largest absolute Gasteiger partial charge is 0.324 e. The summed E-state index contributed by atoms with van der Waals surface area (Å²) in [6, 6.07) is 2.85. The third-order valence-electron chi connectivity index (χ3n) is 2.49. The average Bonchev–Trinajstić information content (AvgIpc) is 2.82. The second kappa shape index (κ2) is 5.54. The van der Waals surface area contributed by atoms with Gasteiger partial charge in [0.1, 0.15) is 6.33 Å². The highest BCUT2D eigenvalue weighted by Gasteiger charge is 2.29. The van der Waals surface area contributed by atoms with Crippen LogP contribution in [0.4, 0.5) is 10.1 Å². The monoisotopic (exact) mass is 315 g/mol. The van der Waals surface area contributed by atoms with Crippen molar-refractivity contribution in [3.8, 4) is 0 Å². The van der Waals surface area contributed by atoms with Crippen molar-refractivity contribution < 1.29 is 17.7 Å². The van der Waals surface area contributed by atoms with Crippen LogP contribution in [0.2, 0.25) is 0 Å². The van der Waals surface area contributed by atoms with Crippen LogP contribution in [0.1, 0.15) is 5.82 Å². The smallest absolute Gasteiger partial charge is 0.258 e. The van der Waals surface area contributed by atoms with Crippen molar-refractivity contribution in [3.63, 3.8) is 0 Å². The number of nitro groups is 1. The van der Waals surface area contributed by atoms with Crippen LogP contribution in [0.5, 0.6) is 0 Å². The fraction of sp³-hybridized carbons (Fsp3) is 0.200. The lowest BCUT2D eigenvalue weighted by Crippen LogP contribution is -2.25. The maximum Gasteiger partial charge on any atom is 0.324 e. The molecule has 0 unspecified atom stereocenters. The highest BCUT2D eigenvalue weighted by Crippen LogP contribution is 2.26. The molecule has 2 rings (SSSR count). The van der Waals surface area contributed by atoms with E-state index in [1.165, 1.54) is 11.0 Å². The van der Waals surface area contributed by atoms with E-state index in [0.717, 1.165) is 18.2 Å². The van der Waals surface area contributed by atoms with Gasteiger partial charge >= 0.3 is 5.69 Å². The standard InChI is InChI=1S/C10H10FN5O4S/c1-15-6-12-9(14-15)5-13-21(19,20)8-4-2-3-7(11)10(8)16(17)18/h2-4,6,13H,5H2,1H3. The number of rotatable bonds is 5. The van der Waals surface area contributed by atoms with Crippen LogP contribution in [0.15, 0.2) is 29.4 Å². The van der Waals surface area contributed by atoms with Crippen LogP contribution in [0.3, 0.4) is 0 Å². The lowest BCUT2D eigenvalue weighted by molar-refractivity contribution is -0.390. The molecular weight excluding hydrogens is 305 g/mol. The molecule has 1 heterocycles. The molecule has 0 spiro atoms. The van der Waals surface area contributed by atoms with Gasteiger partial charge in [0.25, 0.3) is 0 Å². The summed E-state index contributed by atoms with van der Waals surface area (Å²) in [5.41, 5.74) is -1.10. The maximum atomic E-state index is 13.4. The van der Waals surface area contributed by atoms with Gasteiger partial charge in [0.2, 0.25) is 15.8 Å². The summed E-state index contributed by atoms with van der Waals surface area (Å²) in [7, 11) is -2.67. The summed E-state index contributed by atoms with van der Waals surface area (Å²) in [6.07, 6.45) is 1.37. The number of halogens is 1. The minimum atomic E-state index is -4.27. The molecule has 9 nitrogen and oxygen atoms in total. The normalized spacial score (nSPS) is 11.5. The Balaban J connectivity index is 2.32. The van der Waals surface area contributed by atoms with Crippen LogP contribution >= 0.6 is 0 Å². The van der Waals surface area contributed by atoms with Gasteiger partial charge in [-0.25, -0.2) is 18.1 Å². The first-order chi connectivity index (χ1) is 9.81. The van der Waals surface area contributed by atoms with Gasteiger partial charge in [0.15, 0.2) is 10.7 Å². The number of benzene rings is 1. The molecule has 0 aliphatic heterocycles. The summed E-state index contributed by atoms with van der Waals surface area (Å²) < 4.78 is 41.0. The summed E-state index contributed by atoms with van der Waals surface area (Å²) in [5.74, 6) is -1.04. The van der Waals surface area contributed by atoms with Gasteiger partial charge in [0, 0.05) is 7.05 Å². The first-order valence-corrected chi connectivity index (χ1v) is 7.06. The summed E-state index contributed by atoms with van der Waals surface area (Å²) in [4.78, 5) is 12.8. The maximum absolute atomic E-state index is 13.4. The molecular formula is C10H10FN5O4S. The molecule has 2 aromatic rings. The van der Waals surface area contributed by atoms with E-state index in [1.54, 1.807) is 7.05 Å². The summed E-state index contributed by atoms with van der Waals surface area (Å²) in [6.45, 7) is -0.267. The Kier molecular flexibility index (Phi) is 3.95. The van der Waals surface area contributed by atoms with Crippen LogP contribution in [-0.2, 0) is 23.6 Å². The van der Waals surface area contributed by atoms with E-state index < -0.39 is 31.3 Å². The van der Waals surface area contributed by atoms with Crippen LogP contribution in [0, 0.1) is 15.9 Å². The van der Waals surface area contributed by atoms with Crippen molar-refractivity contribution in [1.29, 1.82) is 0 Å². The molecule has 1 aromatic heterocycles. The highest BCUT2D eigenvalue weighted by molar-refractivity contribution is 7.89. The Morgan fingerprint density at radius 3 is 2.76 bits per heavy atom. The van der Waals surface area contributed by atoms with Crippen LogP contribution in [0.25, 0.3) is 0 Å². The molecule has 112 valence electrons. The molecule has 1 aromatic carbocycles. The summed E-state index contributed by atoms with van der Waals surface area (Å²) in [5, 5.41) is 14.7. The first kappa shape index (κ1) is 15.0. The van der Waals surface area contributed by atoms with E-state index >= 15 is 0 Å². The van der Waals surface area contributed by atoms with Crippen molar-refractivity contribution in [2.75, 3.05) is 0 Å². The topological polar surface area (TPSA) is 120 Å². The second-order valence-corrected chi connectivity index (χ2v) is 5.74. The Hall–Kier alpha value is -2.40. The molecule has 1 N–H and O–H groups in total. The molecule has 0 aliphatic carbocycles. The van der Waals surface area contributed by atoms with Crippen molar-refractivity contribution in [1.82, 2.24) is 19.5 Å². The Bertz CT molecular complexity index is 788. The average molecular weight is 315 g/mol. The Morgan fingerprint density at radius 2 is 2.19 bits per heavy atom. The number of hydrogen-bond acceptors (Lipinski definition) is 6. The minimum absolute atomic E-state index is 0.181. The third kappa shape index (κ3) is 3.20. The predicted molar refractivity (Wildman–Crippen MR) is 68.1 cm³/mol. The van der Waals surface area contributed by atoms with E-state index in [9.17, 15) is 22.9 Å². The fourth-order valence-corrected chi connectivity index (χ4v) is 2.75. The lowest BCUT2D eigenvalue weighted by atomic mass is 10.3. The number of nitrogens with zero attached hydrogens (tertiary/aromatic N) is 4. The van der Waals surface area contributed by atoms with Crippen molar-refractivity contribution in [3.05, 3.63) is 46.3 Å². The molecule has 0 bridgehead atoms. The minimum Gasteiger partial charge on any atom is -0.258 e. The lowest BCUT2D eigenvalue weighted by Gasteiger charge is -2.06. The SMILES string of the molecule is Cn1cnc(CNS(=O)(=O)c2cccc(F)c2[N+](=O)[O-])n1. The van der Waals surface area contributed by atoms with Crippen molar-refractivity contribution >= 4 is 15.7 Å². The second-order valence-electron chi connectivity index (χ2n) is 4.00. The number of para-hydroxylation sites is 1. The van der Waals surface area contributed by atoms with Gasteiger partial charge in [-0.05, 0) is 12.1 Å². The van der Waals surface area contributed by atoms with E-state index in [0.29, 0.717) is 0 Å². The molecule has 0 fully saturated rings. The van der Waals surface area contributed by atoms with Gasteiger partial charge < -0.3 is 0 Å². The molecule has 21 heavy (non-hydrogen) atoms. The van der Waals surface area contributed by atoms with E-state index in [4.69, 9.17) is 0 Å². The van der Waals surface area contributed by atoms with Gasteiger partial charge in [-0.3, -0.25) is 14.8 Å². The number of nitrogens with one attached hydrogen (secondary N) is 1. The van der Waals surface area contributed by atoms with Crippen LogP contribution in [-0.4, -0.2) is 28.1 Å². The van der Waals surface area contributed by atoms with Gasteiger partial charge in [0.05, 0.1) is 11.5 Å². The van der Waals surface area contributed by atoms with Crippen LogP contribution < -0.4 is 4.72 Å². The Morgan fingerprint density at radius 1 is 1.48 bits per heavy atom. The summed E-state index contributed by atoms with van der Waals surface area (Å²) >= 11 is 0. The quantitative estimate of drug-likeness (QED) is 0.627. The van der Waals surface area contributed by atoms with E-state index in [-0.39, 0.29) is 12.4 Å². The molecule has 0 aliphatic rings. The van der Waals surface area contributed by atoms with Gasteiger partial charge in [-0.1, -0.05) is 6.07 Å². The first-order valence-electron chi connectivity index (χ1n) is 5.58. The molecule has 0 saturated carbocycles. The van der Waals surface area contributed by atoms with E-state index in [1.807, 2.05) is 0 Å². The van der Waals surface area contributed by atoms with Gasteiger partial charge in [-0.2, -0.15) is 9.49 Å². The zero-order valence-corrected chi connectivity index (χ0v) is 11.5. The predicted octanol–water partition coefficient (Wildman–Crippen LogP) is 0.341. The van der Waals surface area contributed by atoms with Gasteiger partial charge in [-0.15, -0.1) is 0 Å². The number of sulfonamides is 1. The number of hydrogen-bond donors (Lipinski definition) is 1. The van der Waals surface area contributed by atoms with Crippen molar-refractivity contribution in [2.24, 2.45) is 7.05 Å². The zero-order chi connectivity index (χ0) is 15.6. The fourth-order valence-electron chi connectivity index (χ4n) is 1.59. The molecule has 0 saturated heterocycles. The molecule has 11 heteroatoms. The number of aromatic nitrogens is 3. The third-order valence-corrected chi connectivity index (χ3v) is 3.92. The number of aryl methyl sites for hydroxylation is 1. The number of nitro benzene ring substituents is 1. The molecule has 0 atom stereocenters.